The van der Waals surface area contributed by atoms with Crippen molar-refractivity contribution in [3.63, 3.8) is 0 Å². The smallest absolute Gasteiger partial charge is 0.214 e. The van der Waals surface area contributed by atoms with Crippen LogP contribution in [0, 0.1) is 0 Å². The van der Waals surface area contributed by atoms with Crippen molar-refractivity contribution >= 4 is 5.91 Å². The molecule has 1 amide bonds. The molecule has 5 heavy (non-hydrogen) atoms. The second kappa shape index (κ2) is 4.21. The van der Waals surface area contributed by atoms with Crippen LogP contribution in [0.4, 0.5) is 0 Å². The Balaban J connectivity index is 0. The number of amides is 1. The van der Waals surface area contributed by atoms with Gasteiger partial charge in [0.2, 0.25) is 5.91 Å². The molecule has 35 valence electrons. The van der Waals surface area contributed by atoms with E-state index in [2.05, 4.69) is 5.73 Å². The fraction of sp³-hybridized carbons (Fsp3) is 0.500. The molecule has 0 aliphatic carbocycles. The number of carbonyl (C=O) groups excluding carboxylic acids is 1. The van der Waals surface area contributed by atoms with Gasteiger partial charge in [0.25, 0.3) is 0 Å². The van der Waals surface area contributed by atoms with Crippen LogP contribution in [0.1, 0.15) is 6.92 Å². The zero-order valence-corrected chi connectivity index (χ0v) is 4.27. The fourth-order valence-electron chi connectivity index (χ4n) is 0. The predicted molar refractivity (Wildman–Crippen MR) is 14.9 cm³/mol. The molecule has 0 fully saturated rings. The van der Waals surface area contributed by atoms with Crippen molar-refractivity contribution < 1.29 is 27.2 Å². The first-order valence-electron chi connectivity index (χ1n) is 0.993. The van der Waals surface area contributed by atoms with Crippen LogP contribution < -0.4 is 5.73 Å². The first kappa shape index (κ1) is 8.96. The molecule has 0 unspecified atom stereocenters. The van der Waals surface area contributed by atoms with Crippen LogP contribution in [0.5, 0.6) is 0 Å². The summed E-state index contributed by atoms with van der Waals surface area (Å²) < 4.78 is 0. The van der Waals surface area contributed by atoms with Gasteiger partial charge in [-0.05, 0) is 0 Å². The Morgan fingerprint density at radius 2 is 1.80 bits per heavy atom. The predicted octanol–water partition coefficient (Wildman–Crippen LogP) is -0.511. The molecule has 0 rings (SSSR count). The van der Waals surface area contributed by atoms with Crippen molar-refractivity contribution in [2.75, 3.05) is 0 Å². The van der Waals surface area contributed by atoms with Gasteiger partial charge in [0.15, 0.2) is 0 Å². The molecule has 0 bridgehead atoms. The van der Waals surface area contributed by atoms with Gasteiger partial charge in [-0.3, -0.25) is 4.79 Å². The van der Waals surface area contributed by atoms with Crippen LogP contribution in [-0.2, 0) is 27.2 Å². The molecule has 0 aromatic carbocycles. The maximum atomic E-state index is 9.22. The van der Waals surface area contributed by atoms with E-state index in [9.17, 15) is 4.79 Å². The van der Waals surface area contributed by atoms with E-state index in [4.69, 9.17) is 0 Å². The monoisotopic (exact) mass is 166 g/mol. The Hall–Kier alpha value is 0.210. The molecule has 2 nitrogen and oxygen atoms in total. The van der Waals surface area contributed by atoms with Gasteiger partial charge in [-0.1, -0.05) is 0 Å². The van der Waals surface area contributed by atoms with Crippen LogP contribution in [0.25, 0.3) is 0 Å². The summed E-state index contributed by atoms with van der Waals surface area (Å²) in [5.41, 5.74) is 4.47. The van der Waals surface area contributed by atoms with E-state index in [1.54, 1.807) is 0 Å². The Labute approximate surface area is 46.2 Å². The third-order valence-electron chi connectivity index (χ3n) is 0. The summed E-state index contributed by atoms with van der Waals surface area (Å²) in [5.74, 6) is -0.333. The minimum atomic E-state index is -0.333. The number of nitrogens with two attached hydrogens (primary N) is 1. The van der Waals surface area contributed by atoms with Crippen LogP contribution in [0.15, 0.2) is 0 Å². The van der Waals surface area contributed by atoms with E-state index in [-0.39, 0.29) is 28.3 Å². The average Bonchev–Trinajstić information content (AvgIpc) is 0.811. The molecule has 2 N–H and O–H groups in total. The van der Waals surface area contributed by atoms with Crippen molar-refractivity contribution in [1.29, 1.82) is 0 Å². The van der Waals surface area contributed by atoms with Gasteiger partial charge in [0.1, 0.15) is 0 Å². The van der Waals surface area contributed by atoms with Crippen molar-refractivity contribution in [3.05, 3.63) is 0 Å². The summed E-state index contributed by atoms with van der Waals surface area (Å²) in [6.45, 7) is 1.31. The van der Waals surface area contributed by atoms with Gasteiger partial charge in [-0.15, -0.1) is 0 Å². The zero-order valence-electron chi connectivity index (χ0n) is 2.79. The van der Waals surface area contributed by atoms with Gasteiger partial charge < -0.3 is 5.73 Å². The van der Waals surface area contributed by atoms with Crippen LogP contribution in [0.2, 0.25) is 0 Å². The Kier molecular flexibility index (Phi) is 7.55. The Morgan fingerprint density at radius 3 is 1.80 bits per heavy atom. The van der Waals surface area contributed by atoms with Crippen LogP contribution in [0.3, 0.4) is 0 Å². The minimum absolute atomic E-state index is 0. The third kappa shape index (κ3) is 465. The molecular weight excluding hydrogens is 162 g/mol. The van der Waals surface area contributed by atoms with Crippen molar-refractivity contribution in [2.24, 2.45) is 5.73 Å². The van der Waals surface area contributed by atoms with E-state index < -0.39 is 0 Å². The fourth-order valence-corrected chi connectivity index (χ4v) is 0. The summed E-state index contributed by atoms with van der Waals surface area (Å²) >= 11 is 0. The molecular formula is C2H5AgNO. The molecule has 0 aliphatic rings. The zero-order chi connectivity index (χ0) is 3.58. The van der Waals surface area contributed by atoms with Gasteiger partial charge >= 0.3 is 0 Å². The summed E-state index contributed by atoms with van der Waals surface area (Å²) in [4.78, 5) is 9.22. The second-order valence-electron chi connectivity index (χ2n) is 0.611. The Bertz CT molecular complexity index is 32.6. The molecule has 0 spiro atoms. The topological polar surface area (TPSA) is 43.1 Å². The van der Waals surface area contributed by atoms with Crippen molar-refractivity contribution in [3.8, 4) is 0 Å². The summed E-state index contributed by atoms with van der Waals surface area (Å²) in [6.07, 6.45) is 0. The number of carbonyl (C=O) groups is 1. The van der Waals surface area contributed by atoms with E-state index in [0.717, 1.165) is 0 Å². The molecule has 0 saturated carbocycles. The normalized spacial score (nSPS) is 5.00. The SMILES string of the molecule is CC(N)=O.[Ag]. The second-order valence-corrected chi connectivity index (χ2v) is 0.611. The average molecular weight is 167 g/mol. The molecule has 0 heterocycles. The quantitative estimate of drug-likeness (QED) is 0.485. The van der Waals surface area contributed by atoms with E-state index in [1.165, 1.54) is 6.92 Å². The standard InChI is InChI=1S/C2H5NO.Ag/c1-2(3)4;/h1H3,(H2,3,4);. The van der Waals surface area contributed by atoms with E-state index in [1.807, 2.05) is 0 Å². The summed E-state index contributed by atoms with van der Waals surface area (Å²) in [5, 5.41) is 0. The molecule has 0 aliphatic heterocycles. The van der Waals surface area contributed by atoms with Gasteiger partial charge in [-0.2, -0.15) is 0 Å². The first-order chi connectivity index (χ1) is 1.73. The maximum absolute atomic E-state index is 9.22. The summed E-state index contributed by atoms with van der Waals surface area (Å²) in [6, 6.07) is 0. The molecule has 3 heteroatoms. The van der Waals surface area contributed by atoms with Crippen molar-refractivity contribution in [2.45, 2.75) is 6.92 Å². The van der Waals surface area contributed by atoms with Gasteiger partial charge in [0, 0.05) is 29.3 Å². The van der Waals surface area contributed by atoms with Gasteiger partial charge in [-0.25, -0.2) is 0 Å². The minimum Gasteiger partial charge on any atom is -0.370 e. The molecule has 0 aromatic rings. The molecule has 0 saturated heterocycles. The Morgan fingerprint density at radius 1 is 1.80 bits per heavy atom. The van der Waals surface area contributed by atoms with Crippen molar-refractivity contribution in [1.82, 2.24) is 0 Å². The van der Waals surface area contributed by atoms with Crippen LogP contribution in [-0.4, -0.2) is 5.91 Å². The maximum Gasteiger partial charge on any atom is 0.214 e. The summed E-state index contributed by atoms with van der Waals surface area (Å²) in [7, 11) is 0. The van der Waals surface area contributed by atoms with Gasteiger partial charge in [0.05, 0.1) is 0 Å². The number of hydrogen-bond donors (Lipinski definition) is 1. The third-order valence-corrected chi connectivity index (χ3v) is 0. The van der Waals surface area contributed by atoms with E-state index in [0.29, 0.717) is 0 Å². The first-order valence-corrected chi connectivity index (χ1v) is 0.993. The number of rotatable bonds is 0. The largest absolute Gasteiger partial charge is 0.370 e. The molecule has 1 radical (unpaired) electrons. The molecule has 0 atom stereocenters. The molecule has 0 aromatic heterocycles. The number of primary amides is 1. The van der Waals surface area contributed by atoms with E-state index >= 15 is 0 Å². The number of hydrogen-bond acceptors (Lipinski definition) is 1. The van der Waals surface area contributed by atoms with Crippen LogP contribution >= 0.6 is 0 Å².